The highest BCUT2D eigenvalue weighted by atomic mass is 32.1. The van der Waals surface area contributed by atoms with E-state index in [9.17, 15) is 9.59 Å². The molecule has 0 radical (unpaired) electrons. The summed E-state index contributed by atoms with van der Waals surface area (Å²) in [6.07, 6.45) is 7.07. The van der Waals surface area contributed by atoms with Gasteiger partial charge in [0.25, 0.3) is 0 Å². The molecule has 0 spiro atoms. The first-order chi connectivity index (χ1) is 11.5. The molecule has 0 unspecified atom stereocenters. The lowest BCUT2D eigenvalue weighted by Crippen LogP contribution is -2.46. The summed E-state index contributed by atoms with van der Waals surface area (Å²) in [7, 11) is 0. The fraction of sp³-hybridized carbons (Fsp3) is 0.611. The number of aryl methyl sites for hydroxylation is 1. The van der Waals surface area contributed by atoms with Crippen molar-refractivity contribution in [3.05, 3.63) is 22.2 Å². The van der Waals surface area contributed by atoms with Crippen molar-refractivity contribution < 1.29 is 9.59 Å². The van der Waals surface area contributed by atoms with E-state index in [1.165, 1.54) is 0 Å². The van der Waals surface area contributed by atoms with Crippen molar-refractivity contribution in [1.82, 2.24) is 15.2 Å². The molecule has 2 atom stereocenters. The number of aromatic nitrogens is 1. The molecule has 2 rings (SSSR count). The smallest absolute Gasteiger partial charge is 0.246 e. The third-order valence-corrected chi connectivity index (χ3v) is 5.04. The lowest BCUT2D eigenvalue weighted by atomic mass is 9.96. The van der Waals surface area contributed by atoms with Crippen molar-refractivity contribution in [3.63, 3.8) is 0 Å². The minimum atomic E-state index is -0.100. The van der Waals surface area contributed by atoms with E-state index in [0.29, 0.717) is 13.1 Å². The van der Waals surface area contributed by atoms with Gasteiger partial charge in [0.1, 0.15) is 0 Å². The first-order valence-corrected chi connectivity index (χ1v) is 9.57. The van der Waals surface area contributed by atoms with Gasteiger partial charge < -0.3 is 10.2 Å². The summed E-state index contributed by atoms with van der Waals surface area (Å²) in [6, 6.07) is 0.196. The average molecular weight is 350 g/mol. The number of carbonyl (C=O) groups excluding carboxylic acids is 2. The summed E-state index contributed by atoms with van der Waals surface area (Å²) >= 11 is 1.57. The summed E-state index contributed by atoms with van der Waals surface area (Å²) in [6.45, 7) is 7.31. The van der Waals surface area contributed by atoms with Crippen LogP contribution in [0.15, 0.2) is 11.5 Å². The van der Waals surface area contributed by atoms with Crippen LogP contribution >= 0.6 is 11.3 Å². The first-order valence-electron chi connectivity index (χ1n) is 8.69. The van der Waals surface area contributed by atoms with E-state index in [2.05, 4.69) is 17.2 Å². The second kappa shape index (κ2) is 8.97. The lowest BCUT2D eigenvalue weighted by Gasteiger charge is -2.32. The monoisotopic (exact) mass is 349 g/mol. The number of rotatable bonds is 6. The molecule has 1 aromatic rings. The predicted octanol–water partition coefficient (Wildman–Crippen LogP) is 3.01. The Kier molecular flexibility index (Phi) is 6.97. The van der Waals surface area contributed by atoms with Gasteiger partial charge in [-0.05, 0) is 39.2 Å². The molecule has 1 N–H and O–H groups in total. The molecule has 1 fully saturated rings. The molecule has 2 amide bonds. The Hall–Kier alpha value is -1.69. The van der Waals surface area contributed by atoms with Crippen molar-refractivity contribution in [1.29, 1.82) is 0 Å². The molecule has 24 heavy (non-hydrogen) atoms. The summed E-state index contributed by atoms with van der Waals surface area (Å²) in [5.41, 5.74) is 0.811. The van der Waals surface area contributed by atoms with Crippen molar-refractivity contribution in [3.8, 4) is 0 Å². The zero-order valence-corrected chi connectivity index (χ0v) is 15.6. The number of likely N-dealkylation sites (tertiary alicyclic amines) is 1. The molecule has 5 nitrogen and oxygen atoms in total. The van der Waals surface area contributed by atoms with Crippen LogP contribution in [0.3, 0.4) is 0 Å². The van der Waals surface area contributed by atoms with Gasteiger partial charge >= 0.3 is 0 Å². The summed E-state index contributed by atoms with van der Waals surface area (Å²) in [5.74, 6) is -0.0655. The maximum absolute atomic E-state index is 12.4. The largest absolute Gasteiger partial charge is 0.353 e. The van der Waals surface area contributed by atoms with E-state index in [0.717, 1.165) is 36.4 Å². The fourth-order valence-corrected chi connectivity index (χ4v) is 3.56. The summed E-state index contributed by atoms with van der Waals surface area (Å²) in [4.78, 5) is 30.8. The molecule has 2 heterocycles. The highest BCUT2D eigenvalue weighted by Gasteiger charge is 2.28. The van der Waals surface area contributed by atoms with Crippen molar-refractivity contribution in [2.45, 2.75) is 52.5 Å². The van der Waals surface area contributed by atoms with Gasteiger partial charge in [0.05, 0.1) is 16.6 Å². The minimum absolute atomic E-state index is 0.0419. The van der Waals surface area contributed by atoms with Crippen molar-refractivity contribution >= 4 is 29.2 Å². The molecule has 6 heteroatoms. The number of hydrogen-bond donors (Lipinski definition) is 1. The van der Waals surface area contributed by atoms with Crippen LogP contribution in [0.5, 0.6) is 0 Å². The van der Waals surface area contributed by atoms with Crippen LogP contribution in [0.4, 0.5) is 0 Å². The Labute approximate surface area is 148 Å². The third-order valence-electron chi connectivity index (χ3n) is 4.25. The normalized spacial score (nSPS) is 19.5. The molecule has 1 aliphatic rings. The number of nitrogens with one attached hydrogen (secondary N) is 1. The van der Waals surface area contributed by atoms with Gasteiger partial charge in [0, 0.05) is 30.6 Å². The molecule has 1 saturated heterocycles. The second-order valence-electron chi connectivity index (χ2n) is 6.45. The fourth-order valence-electron chi connectivity index (χ4n) is 2.98. The molecule has 132 valence electrons. The van der Waals surface area contributed by atoms with E-state index in [4.69, 9.17) is 0 Å². The molecule has 0 aromatic carbocycles. The Morgan fingerprint density at radius 2 is 2.33 bits per heavy atom. The van der Waals surface area contributed by atoms with Gasteiger partial charge in [-0.2, -0.15) is 0 Å². The molecular weight excluding hydrogens is 322 g/mol. The van der Waals surface area contributed by atoms with Crippen LogP contribution in [-0.4, -0.2) is 40.8 Å². The quantitative estimate of drug-likeness (QED) is 0.803. The van der Waals surface area contributed by atoms with Crippen LogP contribution in [0, 0.1) is 12.8 Å². The zero-order valence-electron chi connectivity index (χ0n) is 14.7. The molecular formula is C18H27N3O2S. The van der Waals surface area contributed by atoms with E-state index in [1.54, 1.807) is 28.4 Å². The van der Waals surface area contributed by atoms with E-state index in [1.807, 2.05) is 19.2 Å². The van der Waals surface area contributed by atoms with Crippen LogP contribution in [0.2, 0.25) is 0 Å². The van der Waals surface area contributed by atoms with Gasteiger partial charge in [0.15, 0.2) is 0 Å². The Bertz CT molecular complexity index is 597. The Morgan fingerprint density at radius 3 is 3.00 bits per heavy atom. The highest BCUT2D eigenvalue weighted by Crippen LogP contribution is 2.18. The molecule has 1 aliphatic heterocycles. The topological polar surface area (TPSA) is 62.3 Å². The maximum Gasteiger partial charge on any atom is 0.246 e. The highest BCUT2D eigenvalue weighted by molar-refractivity contribution is 7.09. The zero-order chi connectivity index (χ0) is 17.5. The molecule has 1 aromatic heterocycles. The summed E-state index contributed by atoms with van der Waals surface area (Å²) < 4.78 is 0. The van der Waals surface area contributed by atoms with Gasteiger partial charge in [-0.15, -0.1) is 11.3 Å². The predicted molar refractivity (Wildman–Crippen MR) is 97.7 cm³/mol. The minimum Gasteiger partial charge on any atom is -0.353 e. The SMILES string of the molecule is CCC[C@H](C)NC(=O)[C@H]1CCCN(C(=O)/C=C\c2csc(C)n2)C1. The summed E-state index contributed by atoms with van der Waals surface area (Å²) in [5, 5.41) is 5.98. The Morgan fingerprint density at radius 1 is 1.54 bits per heavy atom. The first kappa shape index (κ1) is 18.6. The number of piperidine rings is 1. The third kappa shape index (κ3) is 5.44. The van der Waals surface area contributed by atoms with Crippen LogP contribution in [0.1, 0.15) is 50.2 Å². The number of hydrogen-bond acceptors (Lipinski definition) is 4. The van der Waals surface area contributed by atoms with E-state index in [-0.39, 0.29) is 23.8 Å². The second-order valence-corrected chi connectivity index (χ2v) is 7.51. The average Bonchev–Trinajstić information content (AvgIpc) is 2.98. The van der Waals surface area contributed by atoms with Gasteiger partial charge in [0.2, 0.25) is 11.8 Å². The van der Waals surface area contributed by atoms with Gasteiger partial charge in [-0.1, -0.05) is 13.3 Å². The number of carbonyl (C=O) groups is 2. The molecule has 0 bridgehead atoms. The number of nitrogens with zero attached hydrogens (tertiary/aromatic N) is 2. The maximum atomic E-state index is 12.4. The van der Waals surface area contributed by atoms with Crippen molar-refractivity contribution in [2.24, 2.45) is 5.92 Å². The number of amides is 2. The molecule has 0 saturated carbocycles. The van der Waals surface area contributed by atoms with Gasteiger partial charge in [-0.25, -0.2) is 4.98 Å². The lowest BCUT2D eigenvalue weighted by molar-refractivity contribution is -0.132. The van der Waals surface area contributed by atoms with E-state index < -0.39 is 0 Å². The van der Waals surface area contributed by atoms with E-state index >= 15 is 0 Å². The van der Waals surface area contributed by atoms with Gasteiger partial charge in [-0.3, -0.25) is 9.59 Å². The molecule has 0 aliphatic carbocycles. The number of thiazole rings is 1. The van der Waals surface area contributed by atoms with Crippen LogP contribution in [-0.2, 0) is 9.59 Å². The Balaban J connectivity index is 1.88. The standard InChI is InChI=1S/C18H27N3O2S/c1-4-6-13(2)19-18(23)15-7-5-10-21(11-15)17(22)9-8-16-12-24-14(3)20-16/h8-9,12-13,15H,4-7,10-11H2,1-3H3,(H,19,23)/b9-8-/t13-,15-/m0/s1. The van der Waals surface area contributed by atoms with Crippen LogP contribution in [0.25, 0.3) is 6.08 Å². The van der Waals surface area contributed by atoms with Crippen molar-refractivity contribution in [2.75, 3.05) is 13.1 Å². The van der Waals surface area contributed by atoms with Crippen LogP contribution < -0.4 is 5.32 Å².